The molecule has 34 heavy (non-hydrogen) atoms. The quantitative estimate of drug-likeness (QED) is 0.203. The maximum Gasteiger partial charge on any atom is 2.00 e. The summed E-state index contributed by atoms with van der Waals surface area (Å²) in [5, 5.41) is 0. The van der Waals surface area contributed by atoms with Gasteiger partial charge in [-0.2, -0.15) is 12.1 Å². The second-order valence-corrected chi connectivity index (χ2v) is 8.46. The number of hydrogen-bond donors (Lipinski definition) is 0. The van der Waals surface area contributed by atoms with Gasteiger partial charge >= 0.3 is 21.1 Å². The average Bonchev–Trinajstić information content (AvgIpc) is 2.90. The average molecular weight is 621 g/mol. The molecule has 0 aliphatic heterocycles. The molecule has 0 saturated carbocycles. The Morgan fingerprint density at radius 3 is 2.29 bits per heavy atom. The number of rotatable bonds is 5. The Morgan fingerprint density at radius 1 is 0.735 bits per heavy atom. The van der Waals surface area contributed by atoms with Gasteiger partial charge in [0.25, 0.3) is 0 Å². The van der Waals surface area contributed by atoms with Crippen LogP contribution in [-0.2, 0) is 26.5 Å². The summed E-state index contributed by atoms with van der Waals surface area (Å²) in [6, 6.07) is 35.4. The van der Waals surface area contributed by atoms with E-state index in [1.165, 1.54) is 5.56 Å². The van der Waals surface area contributed by atoms with E-state index in [1.54, 1.807) is 12.4 Å². The molecule has 3 nitrogen and oxygen atoms in total. The van der Waals surface area contributed by atoms with E-state index in [0.29, 0.717) is 0 Å². The van der Waals surface area contributed by atoms with E-state index in [-0.39, 0.29) is 26.5 Å². The molecule has 2 aromatic carbocycles. The molecule has 4 heteroatoms. The summed E-state index contributed by atoms with van der Waals surface area (Å²) in [7, 11) is 0. The van der Waals surface area contributed by atoms with Crippen LogP contribution in [0.2, 0.25) is 0 Å². The third-order valence-electron chi connectivity index (χ3n) is 5.92. The van der Waals surface area contributed by atoms with E-state index < -0.39 is 0 Å². The molecule has 0 saturated heterocycles. The zero-order valence-corrected chi connectivity index (χ0v) is 21.2. The molecule has 0 N–H and O–H groups in total. The molecule has 168 valence electrons. The number of nitrogens with zero attached hydrogens (tertiary/aromatic N) is 3. The van der Waals surface area contributed by atoms with Gasteiger partial charge in [-0.3, -0.25) is 9.97 Å². The van der Waals surface area contributed by atoms with Crippen LogP contribution in [-0.4, -0.2) is 15.0 Å². The predicted molar refractivity (Wildman–Crippen MR) is 132 cm³/mol. The van der Waals surface area contributed by atoms with Crippen LogP contribution in [0.3, 0.4) is 0 Å². The van der Waals surface area contributed by atoms with Crippen LogP contribution in [0.15, 0.2) is 104 Å². The minimum Gasteiger partial charge on any atom is -0.391 e. The number of benzene rings is 2. The minimum absolute atomic E-state index is 0. The SMILES string of the molecule is CC(C)(c1[c-]ccnc1)c1cccc(-c2[c-]c(-c3cccc(-c4ccccn4)n3)ccc2)c1.[Pt+2]. The van der Waals surface area contributed by atoms with E-state index in [1.807, 2.05) is 54.7 Å². The molecule has 0 bridgehead atoms. The van der Waals surface area contributed by atoms with Gasteiger partial charge in [0.2, 0.25) is 0 Å². The van der Waals surface area contributed by atoms with Crippen molar-refractivity contribution in [3.05, 3.63) is 127 Å². The van der Waals surface area contributed by atoms with Crippen LogP contribution in [0.25, 0.3) is 33.8 Å². The van der Waals surface area contributed by atoms with Crippen molar-refractivity contribution in [1.29, 1.82) is 0 Å². The summed E-state index contributed by atoms with van der Waals surface area (Å²) in [4.78, 5) is 13.5. The summed E-state index contributed by atoms with van der Waals surface area (Å²) in [6.07, 6.45) is 5.43. The molecule has 0 aliphatic rings. The Labute approximate surface area is 215 Å². The maximum atomic E-state index is 4.84. The second-order valence-electron chi connectivity index (χ2n) is 8.46. The standard InChI is InChI=1S/C30H23N3.Pt/c1-30(2,26-13-8-17-31-21-26)25-12-6-10-23(20-25)22-9-5-11-24(19-22)27-15-7-16-29(33-27)28-14-3-4-18-32-28;/h3-12,14-18,20-21H,1-2H3;/q-2;+2. The topological polar surface area (TPSA) is 38.7 Å². The van der Waals surface area contributed by atoms with Gasteiger partial charge in [-0.25, -0.2) is 0 Å². The van der Waals surface area contributed by atoms with Crippen molar-refractivity contribution >= 4 is 0 Å². The minimum atomic E-state index is -0.208. The van der Waals surface area contributed by atoms with Crippen molar-refractivity contribution < 1.29 is 21.1 Å². The Balaban J connectivity index is 0.00000274. The molecule has 0 unspecified atom stereocenters. The number of hydrogen-bond acceptors (Lipinski definition) is 3. The molecular weight excluding hydrogens is 597 g/mol. The van der Waals surface area contributed by atoms with Gasteiger partial charge < -0.3 is 4.98 Å². The van der Waals surface area contributed by atoms with Crippen molar-refractivity contribution in [2.24, 2.45) is 0 Å². The first-order chi connectivity index (χ1) is 16.1. The van der Waals surface area contributed by atoms with E-state index in [9.17, 15) is 0 Å². The predicted octanol–water partition coefficient (Wildman–Crippen LogP) is 6.80. The van der Waals surface area contributed by atoms with Gasteiger partial charge in [0.05, 0.1) is 11.4 Å². The summed E-state index contributed by atoms with van der Waals surface area (Å²) in [5.74, 6) is 0. The number of aromatic nitrogens is 3. The van der Waals surface area contributed by atoms with Gasteiger partial charge in [-0.05, 0) is 29.2 Å². The molecule has 0 aliphatic carbocycles. The van der Waals surface area contributed by atoms with Crippen LogP contribution < -0.4 is 0 Å². The fourth-order valence-electron chi connectivity index (χ4n) is 3.93. The zero-order valence-electron chi connectivity index (χ0n) is 19.0. The molecule has 0 atom stereocenters. The normalized spacial score (nSPS) is 11.0. The first kappa shape index (κ1) is 23.7. The number of pyridine rings is 3. The fourth-order valence-corrected chi connectivity index (χ4v) is 3.93. The summed E-state index contributed by atoms with van der Waals surface area (Å²) < 4.78 is 0. The van der Waals surface area contributed by atoms with Crippen LogP contribution in [0, 0.1) is 12.1 Å². The van der Waals surface area contributed by atoms with E-state index in [4.69, 9.17) is 4.98 Å². The largest absolute Gasteiger partial charge is 2.00 e. The summed E-state index contributed by atoms with van der Waals surface area (Å²) in [6.45, 7) is 4.40. The molecule has 0 fully saturated rings. The first-order valence-electron chi connectivity index (χ1n) is 11.0. The smallest absolute Gasteiger partial charge is 0.391 e. The van der Waals surface area contributed by atoms with Gasteiger partial charge in [0, 0.05) is 11.9 Å². The summed E-state index contributed by atoms with van der Waals surface area (Å²) >= 11 is 0. The van der Waals surface area contributed by atoms with Crippen molar-refractivity contribution in [3.63, 3.8) is 0 Å². The van der Waals surface area contributed by atoms with Gasteiger partial charge in [-0.15, -0.1) is 35.4 Å². The molecule has 5 rings (SSSR count). The third kappa shape index (κ3) is 4.90. The first-order valence-corrected chi connectivity index (χ1v) is 11.0. The van der Waals surface area contributed by atoms with Crippen LogP contribution in [0.4, 0.5) is 0 Å². The molecule has 0 radical (unpaired) electrons. The monoisotopic (exact) mass is 620 g/mol. The van der Waals surface area contributed by atoms with Crippen molar-refractivity contribution in [3.8, 4) is 33.8 Å². The molecule has 5 aromatic rings. The Morgan fingerprint density at radius 2 is 1.50 bits per heavy atom. The molecule has 3 heterocycles. The summed E-state index contributed by atoms with van der Waals surface area (Å²) in [5.41, 5.74) is 7.75. The Bertz CT molecular complexity index is 1380. The van der Waals surface area contributed by atoms with E-state index >= 15 is 0 Å². The molecule has 0 amide bonds. The van der Waals surface area contributed by atoms with Gasteiger partial charge in [-0.1, -0.05) is 79.8 Å². The van der Waals surface area contributed by atoms with Crippen molar-refractivity contribution in [2.75, 3.05) is 0 Å². The van der Waals surface area contributed by atoms with Crippen LogP contribution in [0.5, 0.6) is 0 Å². The van der Waals surface area contributed by atoms with Crippen LogP contribution >= 0.6 is 0 Å². The molecular formula is C30H23N3Pt. The van der Waals surface area contributed by atoms with E-state index in [2.05, 4.69) is 72.3 Å². The van der Waals surface area contributed by atoms with Gasteiger partial charge in [0.15, 0.2) is 0 Å². The van der Waals surface area contributed by atoms with E-state index in [0.717, 1.165) is 39.3 Å². The maximum absolute atomic E-state index is 4.84. The molecule has 0 spiro atoms. The van der Waals surface area contributed by atoms with Crippen LogP contribution in [0.1, 0.15) is 25.0 Å². The Hall–Kier alpha value is -3.42. The van der Waals surface area contributed by atoms with Crippen molar-refractivity contribution in [2.45, 2.75) is 19.3 Å². The van der Waals surface area contributed by atoms with Crippen molar-refractivity contribution in [1.82, 2.24) is 15.0 Å². The third-order valence-corrected chi connectivity index (χ3v) is 5.92. The zero-order chi connectivity index (χ0) is 22.7. The second kappa shape index (κ2) is 10.2. The Kier molecular flexibility index (Phi) is 7.14. The fraction of sp³-hybridized carbons (Fsp3) is 0.100. The van der Waals surface area contributed by atoms with Gasteiger partial charge in [0.1, 0.15) is 0 Å². The molecule has 3 aromatic heterocycles.